The standard InChI is InChI=1S/C33H40ClFN2O4/c1-21-26(29(31(38)39)41-32(2,3)4)28(37-18-16-33(5,6)17-19-37)27(30(34)36-21)23-9-13-25(14-10-23)40-20-15-22-7-11-24(35)12-8-22/h7-14,29H,15-20H2,1-6H3,(H,38,39). The van der Waals surface area contributed by atoms with Crippen LogP contribution in [0, 0.1) is 18.2 Å². The number of hydrogen-bond acceptors (Lipinski definition) is 5. The van der Waals surface area contributed by atoms with Gasteiger partial charge < -0.3 is 19.5 Å². The van der Waals surface area contributed by atoms with Crippen LogP contribution in [0.15, 0.2) is 48.5 Å². The quantitative estimate of drug-likeness (QED) is 0.257. The predicted molar refractivity (Wildman–Crippen MR) is 161 cm³/mol. The number of benzene rings is 2. The van der Waals surface area contributed by atoms with Crippen LogP contribution >= 0.6 is 11.6 Å². The number of ether oxygens (including phenoxy) is 2. The highest BCUT2D eigenvalue weighted by molar-refractivity contribution is 6.33. The first-order chi connectivity index (χ1) is 19.2. The molecule has 2 heterocycles. The van der Waals surface area contributed by atoms with Crippen molar-refractivity contribution in [3.63, 3.8) is 0 Å². The summed E-state index contributed by atoms with van der Waals surface area (Å²) in [6, 6.07) is 14.0. The molecule has 1 saturated heterocycles. The lowest BCUT2D eigenvalue weighted by atomic mass is 9.82. The molecule has 0 radical (unpaired) electrons. The fourth-order valence-electron chi connectivity index (χ4n) is 5.14. The van der Waals surface area contributed by atoms with Gasteiger partial charge in [-0.05, 0) is 81.3 Å². The van der Waals surface area contributed by atoms with Crippen LogP contribution in [0.5, 0.6) is 5.75 Å². The van der Waals surface area contributed by atoms with E-state index in [-0.39, 0.29) is 11.2 Å². The Morgan fingerprint density at radius 1 is 1.10 bits per heavy atom. The number of pyridine rings is 1. The van der Waals surface area contributed by atoms with Gasteiger partial charge in [0.15, 0.2) is 6.10 Å². The molecule has 41 heavy (non-hydrogen) atoms. The number of aliphatic carboxylic acids is 1. The third kappa shape index (κ3) is 7.77. The topological polar surface area (TPSA) is 71.9 Å². The molecule has 1 aliphatic rings. The van der Waals surface area contributed by atoms with E-state index in [1.165, 1.54) is 12.1 Å². The van der Waals surface area contributed by atoms with E-state index in [4.69, 9.17) is 21.1 Å². The van der Waals surface area contributed by atoms with Crippen LogP contribution in [0.4, 0.5) is 10.1 Å². The van der Waals surface area contributed by atoms with Crippen LogP contribution < -0.4 is 9.64 Å². The van der Waals surface area contributed by atoms with Gasteiger partial charge in [0.2, 0.25) is 0 Å². The van der Waals surface area contributed by atoms with Gasteiger partial charge in [0.1, 0.15) is 16.7 Å². The summed E-state index contributed by atoms with van der Waals surface area (Å²) in [4.78, 5) is 19.5. The summed E-state index contributed by atoms with van der Waals surface area (Å²) in [6.45, 7) is 13.8. The molecule has 6 nitrogen and oxygen atoms in total. The predicted octanol–water partition coefficient (Wildman–Crippen LogP) is 8.04. The number of anilines is 1. The molecule has 0 saturated carbocycles. The number of rotatable bonds is 9. The molecular weight excluding hydrogens is 543 g/mol. The summed E-state index contributed by atoms with van der Waals surface area (Å²) >= 11 is 6.85. The number of carboxylic acids is 1. The van der Waals surface area contributed by atoms with E-state index in [0.717, 1.165) is 42.7 Å². The summed E-state index contributed by atoms with van der Waals surface area (Å²) in [5.41, 5.74) is 3.84. The van der Waals surface area contributed by atoms with Gasteiger partial charge in [-0.25, -0.2) is 14.2 Å². The maximum atomic E-state index is 13.2. The highest BCUT2D eigenvalue weighted by atomic mass is 35.5. The Balaban J connectivity index is 1.71. The molecule has 2 aromatic carbocycles. The molecule has 0 bridgehead atoms. The molecule has 0 amide bonds. The Hall–Kier alpha value is -3.16. The lowest BCUT2D eigenvalue weighted by Gasteiger charge is -2.41. The van der Waals surface area contributed by atoms with Crippen molar-refractivity contribution in [1.82, 2.24) is 4.98 Å². The van der Waals surface area contributed by atoms with Gasteiger partial charge in [-0.2, -0.15) is 0 Å². The van der Waals surface area contributed by atoms with E-state index >= 15 is 0 Å². The molecule has 0 spiro atoms. The Kier molecular flexibility index (Phi) is 9.29. The molecule has 220 valence electrons. The average molecular weight is 583 g/mol. The number of halogens is 2. The van der Waals surface area contributed by atoms with E-state index in [1.807, 2.05) is 45.0 Å². The smallest absolute Gasteiger partial charge is 0.337 e. The number of carboxylic acid groups (broad SMARTS) is 1. The SMILES string of the molecule is Cc1nc(Cl)c(-c2ccc(OCCc3ccc(F)cc3)cc2)c(N2CCC(C)(C)CC2)c1C(OC(C)(C)C)C(=O)O. The van der Waals surface area contributed by atoms with E-state index in [0.29, 0.717) is 40.8 Å². The number of aromatic nitrogens is 1. The largest absolute Gasteiger partial charge is 0.493 e. The second-order valence-electron chi connectivity index (χ2n) is 12.5. The zero-order chi connectivity index (χ0) is 29.9. The molecule has 1 aliphatic heterocycles. The van der Waals surface area contributed by atoms with Gasteiger partial charge in [-0.15, -0.1) is 0 Å². The van der Waals surface area contributed by atoms with Crippen molar-refractivity contribution in [3.8, 4) is 16.9 Å². The first-order valence-corrected chi connectivity index (χ1v) is 14.5. The molecular formula is C33H40ClFN2O4. The normalized spacial score (nSPS) is 16.0. The number of carbonyl (C=O) groups is 1. The number of nitrogens with zero attached hydrogens (tertiary/aromatic N) is 2. The van der Waals surface area contributed by atoms with Gasteiger partial charge in [-0.1, -0.05) is 49.7 Å². The summed E-state index contributed by atoms with van der Waals surface area (Å²) in [5.74, 6) is -0.639. The van der Waals surface area contributed by atoms with Crippen LogP contribution in [0.25, 0.3) is 11.1 Å². The van der Waals surface area contributed by atoms with Crippen molar-refractivity contribution in [2.75, 3.05) is 24.6 Å². The Morgan fingerprint density at radius 2 is 1.71 bits per heavy atom. The Morgan fingerprint density at radius 3 is 2.27 bits per heavy atom. The Labute approximate surface area is 247 Å². The maximum Gasteiger partial charge on any atom is 0.337 e. The number of hydrogen-bond donors (Lipinski definition) is 1. The van der Waals surface area contributed by atoms with E-state index in [2.05, 4.69) is 23.7 Å². The van der Waals surface area contributed by atoms with Crippen LogP contribution in [0.2, 0.25) is 5.15 Å². The summed E-state index contributed by atoms with van der Waals surface area (Å²) < 4.78 is 25.3. The molecule has 4 rings (SSSR count). The highest BCUT2D eigenvalue weighted by Gasteiger charge is 2.36. The molecule has 1 aromatic heterocycles. The third-order valence-corrected chi connectivity index (χ3v) is 7.73. The molecule has 8 heteroatoms. The van der Waals surface area contributed by atoms with E-state index in [9.17, 15) is 14.3 Å². The van der Waals surface area contributed by atoms with Gasteiger partial charge in [0.25, 0.3) is 0 Å². The monoisotopic (exact) mass is 582 g/mol. The van der Waals surface area contributed by atoms with E-state index < -0.39 is 17.7 Å². The average Bonchev–Trinajstić information content (AvgIpc) is 2.88. The van der Waals surface area contributed by atoms with Crippen molar-refractivity contribution in [3.05, 3.63) is 76.3 Å². The summed E-state index contributed by atoms with van der Waals surface area (Å²) in [5, 5.41) is 10.6. The molecule has 3 aromatic rings. The minimum Gasteiger partial charge on any atom is -0.493 e. The van der Waals surface area contributed by atoms with Gasteiger partial charge in [0, 0.05) is 36.3 Å². The minimum atomic E-state index is -1.21. The zero-order valence-corrected chi connectivity index (χ0v) is 25.5. The van der Waals surface area contributed by atoms with E-state index in [1.54, 1.807) is 19.1 Å². The van der Waals surface area contributed by atoms with Crippen molar-refractivity contribution >= 4 is 23.3 Å². The fraction of sp³-hybridized carbons (Fsp3) is 0.455. The second-order valence-corrected chi connectivity index (χ2v) is 12.8. The van der Waals surface area contributed by atoms with Crippen molar-refractivity contribution in [2.24, 2.45) is 5.41 Å². The molecule has 1 N–H and O–H groups in total. The van der Waals surface area contributed by atoms with Gasteiger partial charge in [0.05, 0.1) is 17.9 Å². The molecule has 1 fully saturated rings. The van der Waals surface area contributed by atoms with Crippen LogP contribution in [-0.2, 0) is 16.0 Å². The van der Waals surface area contributed by atoms with Crippen molar-refractivity contribution < 1.29 is 23.8 Å². The number of aryl methyl sites for hydroxylation is 1. The number of piperidine rings is 1. The maximum absolute atomic E-state index is 13.2. The highest BCUT2D eigenvalue weighted by Crippen LogP contribution is 2.46. The zero-order valence-electron chi connectivity index (χ0n) is 24.8. The van der Waals surface area contributed by atoms with Crippen LogP contribution in [0.3, 0.4) is 0 Å². The first-order valence-electron chi connectivity index (χ1n) is 14.1. The lowest BCUT2D eigenvalue weighted by molar-refractivity contribution is -0.160. The van der Waals surface area contributed by atoms with Gasteiger partial charge >= 0.3 is 5.97 Å². The van der Waals surface area contributed by atoms with Crippen molar-refractivity contribution in [2.45, 2.75) is 72.5 Å². The second kappa shape index (κ2) is 12.4. The fourth-order valence-corrected chi connectivity index (χ4v) is 5.47. The summed E-state index contributed by atoms with van der Waals surface area (Å²) in [7, 11) is 0. The molecule has 1 atom stereocenters. The molecule has 0 aliphatic carbocycles. The van der Waals surface area contributed by atoms with Crippen molar-refractivity contribution in [1.29, 1.82) is 0 Å². The third-order valence-electron chi connectivity index (χ3n) is 7.46. The van der Waals surface area contributed by atoms with Crippen LogP contribution in [0.1, 0.15) is 70.4 Å². The van der Waals surface area contributed by atoms with Gasteiger partial charge in [-0.3, -0.25) is 0 Å². The first kappa shape index (κ1) is 30.8. The minimum absolute atomic E-state index is 0.198. The lowest BCUT2D eigenvalue weighted by Crippen LogP contribution is -2.39. The Bertz CT molecular complexity index is 1360. The summed E-state index contributed by atoms with van der Waals surface area (Å²) in [6.07, 6.45) is 1.36. The molecule has 1 unspecified atom stereocenters. The van der Waals surface area contributed by atoms with Crippen LogP contribution in [-0.4, -0.2) is 41.4 Å².